The zero-order chi connectivity index (χ0) is 26.9. The summed E-state index contributed by atoms with van der Waals surface area (Å²) in [4.78, 5) is 42.4. The number of nitrogens with zero attached hydrogens (tertiary/aromatic N) is 5. The van der Waals surface area contributed by atoms with E-state index in [1.807, 2.05) is 5.38 Å². The smallest absolute Gasteiger partial charge is 0.325 e. The molecule has 0 spiro atoms. The van der Waals surface area contributed by atoms with Crippen molar-refractivity contribution in [2.24, 2.45) is 0 Å². The van der Waals surface area contributed by atoms with E-state index >= 15 is 0 Å². The van der Waals surface area contributed by atoms with Crippen LogP contribution in [0.15, 0.2) is 41.8 Å². The Morgan fingerprint density at radius 2 is 2.08 bits per heavy atom. The van der Waals surface area contributed by atoms with Gasteiger partial charge in [-0.3, -0.25) is 14.4 Å². The molecular weight excluding hydrogens is 512 g/mol. The molecular formula is C25H30N6O6S. The topological polar surface area (TPSA) is 138 Å². The zero-order valence-electron chi connectivity index (χ0n) is 21.2. The van der Waals surface area contributed by atoms with Crippen molar-refractivity contribution in [3.63, 3.8) is 0 Å². The fourth-order valence-electron chi connectivity index (χ4n) is 4.03. The SMILES string of the molecule is CCOC(=O)CN(C(=O)Cn1nnc(-c2ccc(OC)cc2)n1)[C@H](C(=O)NC[C@@H]1CCCO1)c1cccs1. The Morgan fingerprint density at radius 3 is 2.74 bits per heavy atom. The molecule has 1 fully saturated rings. The number of rotatable bonds is 12. The van der Waals surface area contributed by atoms with Crippen molar-refractivity contribution in [2.45, 2.75) is 38.5 Å². The van der Waals surface area contributed by atoms with Crippen LogP contribution < -0.4 is 10.1 Å². The summed E-state index contributed by atoms with van der Waals surface area (Å²) >= 11 is 1.32. The molecule has 2 atom stereocenters. The van der Waals surface area contributed by atoms with Crippen molar-refractivity contribution in [3.05, 3.63) is 46.7 Å². The molecule has 0 radical (unpaired) electrons. The Labute approximate surface area is 223 Å². The molecule has 0 bridgehead atoms. The third-order valence-electron chi connectivity index (χ3n) is 5.90. The van der Waals surface area contributed by atoms with Crippen LogP contribution in [0.5, 0.6) is 5.75 Å². The average Bonchev–Trinajstić information content (AvgIpc) is 3.71. The summed E-state index contributed by atoms with van der Waals surface area (Å²) in [6.07, 6.45) is 1.71. The molecule has 0 aliphatic carbocycles. The number of carbonyl (C=O) groups is 3. The average molecular weight is 543 g/mol. The lowest BCUT2D eigenvalue weighted by molar-refractivity contribution is -0.153. The minimum absolute atomic E-state index is 0.0760. The number of amides is 2. The molecule has 3 aromatic rings. The Bertz CT molecular complexity index is 1210. The molecule has 2 aromatic heterocycles. The maximum atomic E-state index is 13.6. The van der Waals surface area contributed by atoms with Crippen LogP contribution in [-0.4, -0.2) is 82.4 Å². The van der Waals surface area contributed by atoms with E-state index in [9.17, 15) is 14.4 Å². The number of thiophene rings is 1. The predicted molar refractivity (Wildman–Crippen MR) is 137 cm³/mol. The standard InChI is InChI=1S/C25H30N6O6S/c1-3-36-22(33)16-30(23(20-7-5-13-38-20)25(34)26-14-19-6-4-12-37-19)21(32)15-31-28-24(27-29-31)17-8-10-18(35-2)11-9-17/h5,7-11,13,19,23H,3-4,6,12,14-16H2,1-2H3,(H,26,34)/t19-,23-/m0/s1. The Kier molecular flexibility index (Phi) is 9.38. The van der Waals surface area contributed by atoms with Gasteiger partial charge in [-0.2, -0.15) is 4.80 Å². The Balaban J connectivity index is 1.54. The fraction of sp³-hybridized carbons (Fsp3) is 0.440. The highest BCUT2D eigenvalue weighted by molar-refractivity contribution is 7.10. The summed E-state index contributed by atoms with van der Waals surface area (Å²) in [7, 11) is 1.57. The van der Waals surface area contributed by atoms with Gasteiger partial charge in [0.05, 0.1) is 19.8 Å². The number of nitrogens with one attached hydrogen (secondary N) is 1. The number of tetrazole rings is 1. The monoisotopic (exact) mass is 542 g/mol. The van der Waals surface area contributed by atoms with E-state index < -0.39 is 30.4 Å². The van der Waals surface area contributed by atoms with Gasteiger partial charge in [0.1, 0.15) is 24.9 Å². The zero-order valence-corrected chi connectivity index (χ0v) is 22.1. The van der Waals surface area contributed by atoms with Crippen LogP contribution >= 0.6 is 11.3 Å². The minimum atomic E-state index is -1.04. The molecule has 12 nitrogen and oxygen atoms in total. The summed E-state index contributed by atoms with van der Waals surface area (Å²) in [6.45, 7) is 2.05. The summed E-state index contributed by atoms with van der Waals surface area (Å²) < 4.78 is 15.9. The van der Waals surface area contributed by atoms with Crippen molar-refractivity contribution < 1.29 is 28.6 Å². The van der Waals surface area contributed by atoms with Crippen LogP contribution in [0, 0.1) is 0 Å². The summed E-state index contributed by atoms with van der Waals surface area (Å²) in [6, 6.07) is 9.58. The first-order valence-electron chi connectivity index (χ1n) is 12.3. The van der Waals surface area contributed by atoms with E-state index in [-0.39, 0.29) is 19.3 Å². The number of aromatic nitrogens is 4. The molecule has 2 amide bonds. The van der Waals surface area contributed by atoms with E-state index in [4.69, 9.17) is 14.2 Å². The molecule has 0 unspecified atom stereocenters. The lowest BCUT2D eigenvalue weighted by atomic mass is 10.1. The molecule has 1 N–H and O–H groups in total. The first kappa shape index (κ1) is 27.2. The van der Waals surface area contributed by atoms with E-state index in [0.29, 0.717) is 35.2 Å². The van der Waals surface area contributed by atoms with Gasteiger partial charge in [0.25, 0.3) is 0 Å². The van der Waals surface area contributed by atoms with Gasteiger partial charge in [0.15, 0.2) is 0 Å². The van der Waals surface area contributed by atoms with Crippen molar-refractivity contribution >= 4 is 29.1 Å². The number of hydrogen-bond acceptors (Lipinski definition) is 10. The van der Waals surface area contributed by atoms with Gasteiger partial charge in [-0.05, 0) is 60.7 Å². The summed E-state index contributed by atoms with van der Waals surface area (Å²) in [5.41, 5.74) is 0.692. The normalized spacial score (nSPS) is 15.6. The second-order valence-electron chi connectivity index (χ2n) is 8.50. The maximum Gasteiger partial charge on any atom is 0.325 e. The number of methoxy groups -OCH3 is 1. The quantitative estimate of drug-likeness (QED) is 0.340. The second kappa shape index (κ2) is 13.1. The molecule has 1 aliphatic heterocycles. The van der Waals surface area contributed by atoms with Crippen molar-refractivity contribution in [1.82, 2.24) is 30.4 Å². The number of hydrogen-bond donors (Lipinski definition) is 1. The van der Waals surface area contributed by atoms with Gasteiger partial charge in [-0.25, -0.2) is 0 Å². The van der Waals surface area contributed by atoms with Crippen molar-refractivity contribution in [2.75, 3.05) is 33.4 Å². The highest BCUT2D eigenvalue weighted by atomic mass is 32.1. The molecule has 13 heteroatoms. The Morgan fingerprint density at radius 1 is 1.26 bits per heavy atom. The molecule has 1 aliphatic rings. The van der Waals surface area contributed by atoms with E-state index in [1.54, 1.807) is 50.4 Å². The fourth-order valence-corrected chi connectivity index (χ4v) is 4.87. The molecule has 202 valence electrons. The number of esters is 1. The van der Waals surface area contributed by atoms with Crippen LogP contribution in [0.3, 0.4) is 0 Å². The lowest BCUT2D eigenvalue weighted by Crippen LogP contribution is -2.48. The molecule has 0 saturated carbocycles. The van der Waals surface area contributed by atoms with Gasteiger partial charge in [-0.1, -0.05) is 6.07 Å². The van der Waals surface area contributed by atoms with E-state index in [0.717, 1.165) is 17.6 Å². The van der Waals surface area contributed by atoms with E-state index in [1.165, 1.54) is 16.2 Å². The lowest BCUT2D eigenvalue weighted by Gasteiger charge is -2.29. The van der Waals surface area contributed by atoms with Gasteiger partial charge in [-0.15, -0.1) is 21.5 Å². The first-order valence-corrected chi connectivity index (χ1v) is 13.2. The second-order valence-corrected chi connectivity index (χ2v) is 9.48. The maximum absolute atomic E-state index is 13.6. The highest BCUT2D eigenvalue weighted by Gasteiger charge is 2.35. The van der Waals surface area contributed by atoms with Gasteiger partial charge >= 0.3 is 5.97 Å². The van der Waals surface area contributed by atoms with Crippen LogP contribution in [-0.2, 0) is 30.4 Å². The number of ether oxygens (including phenoxy) is 3. The van der Waals surface area contributed by atoms with Crippen LogP contribution in [0.25, 0.3) is 11.4 Å². The summed E-state index contributed by atoms with van der Waals surface area (Å²) in [5.74, 6) is -0.571. The molecule has 3 heterocycles. The number of carbonyl (C=O) groups excluding carboxylic acids is 3. The van der Waals surface area contributed by atoms with Gasteiger partial charge in [0, 0.05) is 23.6 Å². The third-order valence-corrected chi connectivity index (χ3v) is 6.83. The minimum Gasteiger partial charge on any atom is -0.497 e. The molecule has 1 aromatic carbocycles. The number of benzene rings is 1. The van der Waals surface area contributed by atoms with Crippen molar-refractivity contribution in [3.8, 4) is 17.1 Å². The molecule has 4 rings (SSSR count). The molecule has 38 heavy (non-hydrogen) atoms. The summed E-state index contributed by atoms with van der Waals surface area (Å²) in [5, 5.41) is 17.0. The van der Waals surface area contributed by atoms with Crippen LogP contribution in [0.2, 0.25) is 0 Å². The van der Waals surface area contributed by atoms with Gasteiger partial charge < -0.3 is 24.4 Å². The van der Waals surface area contributed by atoms with Crippen LogP contribution in [0.1, 0.15) is 30.7 Å². The van der Waals surface area contributed by atoms with Crippen molar-refractivity contribution in [1.29, 1.82) is 0 Å². The van der Waals surface area contributed by atoms with Crippen LogP contribution in [0.4, 0.5) is 0 Å². The highest BCUT2D eigenvalue weighted by Crippen LogP contribution is 2.27. The third kappa shape index (κ3) is 6.92. The van der Waals surface area contributed by atoms with Gasteiger partial charge in [0.2, 0.25) is 17.6 Å². The molecule has 1 saturated heterocycles. The van der Waals surface area contributed by atoms with E-state index in [2.05, 4.69) is 20.7 Å². The first-order chi connectivity index (χ1) is 18.5. The Hall–Kier alpha value is -3.84. The predicted octanol–water partition coefficient (Wildman–Crippen LogP) is 1.84. The largest absolute Gasteiger partial charge is 0.497 e.